The Bertz CT molecular complexity index is 1290. The lowest BCUT2D eigenvalue weighted by molar-refractivity contribution is -0.121. The van der Waals surface area contributed by atoms with E-state index in [-0.39, 0.29) is 30.8 Å². The lowest BCUT2D eigenvalue weighted by Crippen LogP contribution is -2.59. The average molecular weight is 476 g/mol. The first-order valence-corrected chi connectivity index (χ1v) is 11.3. The number of fused-ring (bicyclic) bond motifs is 2. The molecule has 0 bridgehead atoms. The van der Waals surface area contributed by atoms with Crippen LogP contribution in [0.3, 0.4) is 0 Å². The molecule has 34 heavy (non-hydrogen) atoms. The number of methoxy groups -OCH3 is 1. The third-order valence-electron chi connectivity index (χ3n) is 6.23. The van der Waals surface area contributed by atoms with Crippen LogP contribution in [0.2, 0.25) is 5.02 Å². The number of nitrogens with zero attached hydrogens (tertiary/aromatic N) is 2. The second-order valence-electron chi connectivity index (χ2n) is 8.23. The van der Waals surface area contributed by atoms with Crippen LogP contribution in [0.15, 0.2) is 66.7 Å². The van der Waals surface area contributed by atoms with E-state index in [2.05, 4.69) is 5.32 Å². The number of ether oxygens (including phenoxy) is 1. The zero-order chi connectivity index (χ0) is 23.8. The Morgan fingerprint density at radius 1 is 1.00 bits per heavy atom. The number of hydrogen-bond acceptors (Lipinski definition) is 4. The topological polar surface area (TPSA) is 79.0 Å². The van der Waals surface area contributed by atoms with E-state index in [1.807, 2.05) is 12.1 Å². The van der Waals surface area contributed by atoms with Gasteiger partial charge < -0.3 is 19.9 Å². The molecule has 7 nitrogen and oxygen atoms in total. The molecule has 0 spiro atoms. The molecule has 0 aromatic heterocycles. The Morgan fingerprint density at radius 3 is 2.56 bits per heavy atom. The van der Waals surface area contributed by atoms with Gasteiger partial charge in [-0.25, -0.2) is 0 Å². The third-order valence-corrected chi connectivity index (χ3v) is 6.47. The third kappa shape index (κ3) is 3.88. The molecule has 3 amide bonds. The minimum Gasteiger partial charge on any atom is -0.496 e. The summed E-state index contributed by atoms with van der Waals surface area (Å²) in [6, 6.07) is 18.7. The Hall–Kier alpha value is -3.84. The predicted octanol–water partition coefficient (Wildman–Crippen LogP) is 3.93. The summed E-state index contributed by atoms with van der Waals surface area (Å²) in [7, 11) is 1.57. The standard InChI is InChI=1S/C26H22ClN3O4/c1-34-23-10-8-18(27)14-19(23)17-7-9-21-20(13-17)26(33)30-12-11-29(15-22(30)24(31)28-21)25(32)16-5-3-2-4-6-16/h2-10,13-14,22H,11-12,15H2,1H3,(H,28,31)/t22-/m1/s1. The predicted molar refractivity (Wildman–Crippen MR) is 129 cm³/mol. The lowest BCUT2D eigenvalue weighted by atomic mass is 10.00. The largest absolute Gasteiger partial charge is 0.496 e. The van der Waals surface area contributed by atoms with E-state index in [0.29, 0.717) is 34.1 Å². The maximum atomic E-state index is 13.5. The van der Waals surface area contributed by atoms with E-state index in [1.54, 1.807) is 71.5 Å². The van der Waals surface area contributed by atoms with Gasteiger partial charge >= 0.3 is 0 Å². The Balaban J connectivity index is 1.46. The number of anilines is 1. The maximum Gasteiger partial charge on any atom is 0.256 e. The van der Waals surface area contributed by atoms with Gasteiger partial charge in [0.05, 0.1) is 24.9 Å². The minimum absolute atomic E-state index is 0.133. The van der Waals surface area contributed by atoms with Gasteiger partial charge in [-0.1, -0.05) is 35.9 Å². The Morgan fingerprint density at radius 2 is 1.79 bits per heavy atom. The van der Waals surface area contributed by atoms with Crippen molar-refractivity contribution in [1.82, 2.24) is 9.80 Å². The van der Waals surface area contributed by atoms with Gasteiger partial charge in [-0.3, -0.25) is 14.4 Å². The summed E-state index contributed by atoms with van der Waals surface area (Å²) in [6.45, 7) is 0.744. The molecular weight excluding hydrogens is 454 g/mol. The van der Waals surface area contributed by atoms with Crippen molar-refractivity contribution in [2.45, 2.75) is 6.04 Å². The van der Waals surface area contributed by atoms with Crippen molar-refractivity contribution in [1.29, 1.82) is 0 Å². The number of carbonyl (C=O) groups excluding carboxylic acids is 3. The lowest BCUT2D eigenvalue weighted by Gasteiger charge is -2.39. The number of benzene rings is 3. The van der Waals surface area contributed by atoms with Crippen LogP contribution in [-0.2, 0) is 4.79 Å². The molecule has 2 aliphatic heterocycles. The molecule has 3 aromatic rings. The van der Waals surface area contributed by atoms with Crippen LogP contribution in [0.4, 0.5) is 5.69 Å². The molecule has 0 radical (unpaired) electrons. The van der Waals surface area contributed by atoms with Crippen molar-refractivity contribution in [3.63, 3.8) is 0 Å². The van der Waals surface area contributed by atoms with Gasteiger partial charge in [0.15, 0.2) is 0 Å². The van der Waals surface area contributed by atoms with Crippen LogP contribution >= 0.6 is 11.6 Å². The van der Waals surface area contributed by atoms with E-state index < -0.39 is 6.04 Å². The van der Waals surface area contributed by atoms with Crippen LogP contribution in [-0.4, -0.2) is 60.3 Å². The normalized spacial score (nSPS) is 17.4. The SMILES string of the molecule is COc1ccc(Cl)cc1-c1ccc2c(c1)C(=O)N1CCN(C(=O)c3ccccc3)C[C@@H]1C(=O)N2. The highest BCUT2D eigenvalue weighted by Crippen LogP contribution is 2.36. The fourth-order valence-corrected chi connectivity index (χ4v) is 4.64. The molecule has 2 heterocycles. The molecule has 0 unspecified atom stereocenters. The molecule has 8 heteroatoms. The Labute approximate surface area is 201 Å². The van der Waals surface area contributed by atoms with Crippen LogP contribution < -0.4 is 10.1 Å². The fourth-order valence-electron chi connectivity index (χ4n) is 4.47. The van der Waals surface area contributed by atoms with Crippen molar-refractivity contribution in [2.24, 2.45) is 0 Å². The smallest absolute Gasteiger partial charge is 0.256 e. The summed E-state index contributed by atoms with van der Waals surface area (Å²) in [5.41, 5.74) is 2.88. The van der Waals surface area contributed by atoms with E-state index in [1.165, 1.54) is 0 Å². The summed E-state index contributed by atoms with van der Waals surface area (Å²) in [5, 5.41) is 3.42. The number of halogens is 1. The highest BCUT2D eigenvalue weighted by Gasteiger charge is 2.40. The molecule has 5 rings (SSSR count). The van der Waals surface area contributed by atoms with Crippen LogP contribution in [0.1, 0.15) is 20.7 Å². The van der Waals surface area contributed by atoms with Crippen molar-refractivity contribution in [3.05, 3.63) is 82.9 Å². The zero-order valence-corrected chi connectivity index (χ0v) is 19.2. The van der Waals surface area contributed by atoms with Crippen molar-refractivity contribution in [2.75, 3.05) is 32.1 Å². The summed E-state index contributed by atoms with van der Waals surface area (Å²) in [6.07, 6.45) is 0. The first-order valence-electron chi connectivity index (χ1n) is 10.9. The van der Waals surface area contributed by atoms with Crippen molar-refractivity contribution >= 4 is 35.0 Å². The van der Waals surface area contributed by atoms with Crippen LogP contribution in [0.25, 0.3) is 11.1 Å². The Kier molecular flexibility index (Phi) is 5.71. The summed E-state index contributed by atoms with van der Waals surface area (Å²) in [5.74, 6) is -0.100. The number of nitrogens with one attached hydrogen (secondary N) is 1. The summed E-state index contributed by atoms with van der Waals surface area (Å²) >= 11 is 6.20. The monoisotopic (exact) mass is 475 g/mol. The molecule has 2 aliphatic rings. The molecule has 1 atom stereocenters. The number of carbonyl (C=O) groups is 3. The zero-order valence-electron chi connectivity index (χ0n) is 18.5. The number of hydrogen-bond donors (Lipinski definition) is 1. The summed E-state index contributed by atoms with van der Waals surface area (Å²) in [4.78, 5) is 42.7. The second kappa shape index (κ2) is 8.83. The highest BCUT2D eigenvalue weighted by atomic mass is 35.5. The van der Waals surface area contributed by atoms with Gasteiger partial charge in [0.25, 0.3) is 11.8 Å². The van der Waals surface area contributed by atoms with E-state index >= 15 is 0 Å². The van der Waals surface area contributed by atoms with E-state index in [0.717, 1.165) is 11.1 Å². The molecule has 0 saturated carbocycles. The first-order chi connectivity index (χ1) is 16.5. The van der Waals surface area contributed by atoms with Gasteiger partial charge in [0.2, 0.25) is 5.91 Å². The molecule has 172 valence electrons. The van der Waals surface area contributed by atoms with Gasteiger partial charge in [0.1, 0.15) is 11.8 Å². The molecule has 1 N–H and O–H groups in total. The molecule has 1 saturated heterocycles. The maximum absolute atomic E-state index is 13.5. The van der Waals surface area contributed by atoms with Gasteiger partial charge in [0, 0.05) is 29.2 Å². The van der Waals surface area contributed by atoms with Gasteiger partial charge in [-0.15, -0.1) is 0 Å². The number of rotatable bonds is 3. The summed E-state index contributed by atoms with van der Waals surface area (Å²) < 4.78 is 5.46. The second-order valence-corrected chi connectivity index (χ2v) is 8.66. The minimum atomic E-state index is -0.773. The quantitative estimate of drug-likeness (QED) is 0.622. The van der Waals surface area contributed by atoms with Gasteiger partial charge in [-0.2, -0.15) is 0 Å². The molecular formula is C26H22ClN3O4. The van der Waals surface area contributed by atoms with Crippen LogP contribution in [0.5, 0.6) is 5.75 Å². The van der Waals surface area contributed by atoms with E-state index in [4.69, 9.17) is 16.3 Å². The fraction of sp³-hybridized carbons (Fsp3) is 0.192. The van der Waals surface area contributed by atoms with Crippen LogP contribution in [0, 0.1) is 0 Å². The average Bonchev–Trinajstić information content (AvgIpc) is 2.97. The molecule has 1 fully saturated rings. The molecule has 0 aliphatic carbocycles. The van der Waals surface area contributed by atoms with Gasteiger partial charge in [-0.05, 0) is 48.0 Å². The number of piperazine rings is 1. The first kappa shape index (κ1) is 22.0. The highest BCUT2D eigenvalue weighted by molar-refractivity contribution is 6.31. The molecule has 3 aromatic carbocycles. The van der Waals surface area contributed by atoms with Crippen molar-refractivity contribution in [3.8, 4) is 16.9 Å². The van der Waals surface area contributed by atoms with E-state index in [9.17, 15) is 14.4 Å². The number of amides is 3. The van der Waals surface area contributed by atoms with Crippen molar-refractivity contribution < 1.29 is 19.1 Å².